The van der Waals surface area contributed by atoms with Crippen LogP contribution in [0.5, 0.6) is 0 Å². The van der Waals surface area contributed by atoms with E-state index >= 15 is 0 Å². The number of hydrogen-bond acceptors (Lipinski definition) is 5. The smallest absolute Gasteiger partial charge is 0.281 e. The van der Waals surface area contributed by atoms with Crippen LogP contribution < -0.4 is 10.3 Å². The Morgan fingerprint density at radius 2 is 2.00 bits per heavy atom. The molecule has 1 aromatic carbocycles. The van der Waals surface area contributed by atoms with Gasteiger partial charge in [-0.05, 0) is 61.4 Å². The van der Waals surface area contributed by atoms with Crippen molar-refractivity contribution in [2.45, 2.75) is 33.1 Å². The second kappa shape index (κ2) is 8.45. The Morgan fingerprint density at radius 3 is 2.75 bits per heavy atom. The van der Waals surface area contributed by atoms with Crippen molar-refractivity contribution < 1.29 is 9.53 Å². The lowest BCUT2D eigenvalue weighted by Gasteiger charge is -2.28. The van der Waals surface area contributed by atoms with Gasteiger partial charge in [-0.25, -0.2) is 5.43 Å². The molecule has 1 atom stereocenters. The fourth-order valence-corrected chi connectivity index (χ4v) is 4.91. The minimum absolute atomic E-state index is 0.115. The summed E-state index contributed by atoms with van der Waals surface area (Å²) in [5.74, 6) is 0.593. The predicted octanol–water partition coefficient (Wildman–Crippen LogP) is 3.86. The molecule has 0 radical (unpaired) electrons. The van der Waals surface area contributed by atoms with Crippen LogP contribution in [0, 0.1) is 5.92 Å². The summed E-state index contributed by atoms with van der Waals surface area (Å²) in [7, 11) is 0. The first-order valence-electron chi connectivity index (χ1n) is 9.99. The number of ether oxygens (including phenoxy) is 1. The molecule has 1 aliphatic carbocycles. The van der Waals surface area contributed by atoms with Gasteiger partial charge in [-0.1, -0.05) is 19.1 Å². The Kier molecular flexibility index (Phi) is 5.78. The van der Waals surface area contributed by atoms with Gasteiger partial charge < -0.3 is 9.64 Å². The molecule has 1 saturated heterocycles. The minimum Gasteiger partial charge on any atom is -0.378 e. The lowest BCUT2D eigenvalue weighted by molar-refractivity contribution is 0.0959. The molecule has 1 N–H and O–H groups in total. The quantitative estimate of drug-likeness (QED) is 0.630. The van der Waals surface area contributed by atoms with E-state index in [1.54, 1.807) is 11.3 Å². The number of morpholine rings is 1. The zero-order valence-corrected chi connectivity index (χ0v) is 17.3. The molecule has 5 nitrogen and oxygen atoms in total. The van der Waals surface area contributed by atoms with Crippen LogP contribution in [0.1, 0.15) is 45.9 Å². The Labute approximate surface area is 170 Å². The Hall–Kier alpha value is -2.18. The van der Waals surface area contributed by atoms with Crippen LogP contribution in [0.25, 0.3) is 0 Å². The number of amides is 1. The first-order valence-corrected chi connectivity index (χ1v) is 10.8. The number of nitrogens with one attached hydrogen (secondary N) is 1. The molecule has 2 aromatic rings. The van der Waals surface area contributed by atoms with E-state index in [-0.39, 0.29) is 5.91 Å². The Bertz CT molecular complexity index is 866. The van der Waals surface area contributed by atoms with Gasteiger partial charge in [0.2, 0.25) is 0 Å². The van der Waals surface area contributed by atoms with Crippen LogP contribution in [0.3, 0.4) is 0 Å². The topological polar surface area (TPSA) is 53.9 Å². The maximum absolute atomic E-state index is 12.5. The second-order valence-electron chi connectivity index (χ2n) is 7.69. The number of hydrazone groups is 1. The van der Waals surface area contributed by atoms with E-state index in [0.29, 0.717) is 5.92 Å². The van der Waals surface area contributed by atoms with Crippen molar-refractivity contribution >= 4 is 28.6 Å². The number of aryl methyl sites for hydroxylation is 1. The predicted molar refractivity (Wildman–Crippen MR) is 115 cm³/mol. The van der Waals surface area contributed by atoms with Gasteiger partial charge in [0, 0.05) is 23.7 Å². The Morgan fingerprint density at radius 1 is 1.25 bits per heavy atom. The maximum Gasteiger partial charge on any atom is 0.281 e. The zero-order valence-electron chi connectivity index (χ0n) is 16.5. The number of benzene rings is 1. The van der Waals surface area contributed by atoms with Crippen LogP contribution in [0.4, 0.5) is 5.69 Å². The van der Waals surface area contributed by atoms with Gasteiger partial charge in [0.25, 0.3) is 5.91 Å². The molecule has 1 unspecified atom stereocenters. The summed E-state index contributed by atoms with van der Waals surface area (Å²) in [5.41, 5.74) is 7.08. The molecule has 1 amide bonds. The van der Waals surface area contributed by atoms with Gasteiger partial charge >= 0.3 is 0 Å². The molecule has 0 bridgehead atoms. The molecule has 0 saturated carbocycles. The summed E-state index contributed by atoms with van der Waals surface area (Å²) < 4.78 is 5.41. The van der Waals surface area contributed by atoms with E-state index in [2.05, 4.69) is 46.6 Å². The van der Waals surface area contributed by atoms with E-state index in [9.17, 15) is 4.79 Å². The van der Waals surface area contributed by atoms with Crippen molar-refractivity contribution in [3.05, 3.63) is 51.2 Å². The number of fused-ring (bicyclic) bond motifs is 1. The number of anilines is 1. The number of carbonyl (C=O) groups is 1. The molecule has 4 rings (SSSR count). The van der Waals surface area contributed by atoms with Gasteiger partial charge in [-0.2, -0.15) is 5.10 Å². The Balaban J connectivity index is 1.39. The van der Waals surface area contributed by atoms with Crippen LogP contribution in [0.2, 0.25) is 0 Å². The van der Waals surface area contributed by atoms with Crippen LogP contribution >= 0.6 is 11.3 Å². The zero-order chi connectivity index (χ0) is 19.5. The molecule has 1 fully saturated rings. The minimum atomic E-state index is -0.115. The number of nitrogens with zero attached hydrogens (tertiary/aromatic N) is 2. The average molecular weight is 398 g/mol. The van der Waals surface area contributed by atoms with E-state index in [4.69, 9.17) is 4.74 Å². The highest BCUT2D eigenvalue weighted by atomic mass is 32.1. The molecule has 2 heterocycles. The number of carbonyl (C=O) groups excluding carboxylic acids is 1. The highest BCUT2D eigenvalue weighted by molar-refractivity contribution is 7.14. The molecule has 0 spiro atoms. The van der Waals surface area contributed by atoms with Crippen molar-refractivity contribution in [1.29, 1.82) is 0 Å². The summed E-state index contributed by atoms with van der Waals surface area (Å²) in [6, 6.07) is 10.4. The van der Waals surface area contributed by atoms with Gasteiger partial charge in [0.15, 0.2) is 0 Å². The highest BCUT2D eigenvalue weighted by Crippen LogP contribution is 2.32. The first-order chi connectivity index (χ1) is 13.6. The molecule has 1 aliphatic heterocycles. The normalized spacial score (nSPS) is 20.0. The van der Waals surface area contributed by atoms with E-state index < -0.39 is 0 Å². The number of rotatable bonds is 4. The fraction of sp³-hybridized carbons (Fsp3) is 0.455. The third-order valence-electron chi connectivity index (χ3n) is 5.54. The third-order valence-corrected chi connectivity index (χ3v) is 6.78. The van der Waals surface area contributed by atoms with Gasteiger partial charge in [0.1, 0.15) is 0 Å². The van der Waals surface area contributed by atoms with Crippen LogP contribution in [-0.4, -0.2) is 37.9 Å². The van der Waals surface area contributed by atoms with Crippen molar-refractivity contribution in [2.75, 3.05) is 31.2 Å². The SMILES string of the molecule is C/C(=N\NC(=O)c1cc2c(s1)CCC(C)C2)c1ccc(N2CCOCC2)cc1. The van der Waals surface area contributed by atoms with Crippen molar-refractivity contribution in [3.8, 4) is 0 Å². The third kappa shape index (κ3) is 4.28. The maximum atomic E-state index is 12.5. The molecule has 148 valence electrons. The largest absolute Gasteiger partial charge is 0.378 e. The molecule has 1 aromatic heterocycles. The standard InChI is InChI=1S/C22H27N3O2S/c1-15-3-8-20-18(13-15)14-21(28-20)22(26)24-23-16(2)17-4-6-19(7-5-17)25-9-11-27-12-10-25/h4-7,14-15H,3,8-13H2,1-2H3,(H,24,26)/b23-16+. The lowest BCUT2D eigenvalue weighted by atomic mass is 9.90. The fourth-order valence-electron chi connectivity index (χ4n) is 3.81. The van der Waals surface area contributed by atoms with Crippen LogP contribution in [0.15, 0.2) is 35.4 Å². The van der Waals surface area contributed by atoms with Crippen molar-refractivity contribution in [3.63, 3.8) is 0 Å². The first kappa shape index (κ1) is 19.2. The molecule has 6 heteroatoms. The molecular weight excluding hydrogens is 370 g/mol. The summed E-state index contributed by atoms with van der Waals surface area (Å²) in [6.45, 7) is 7.60. The lowest BCUT2D eigenvalue weighted by Crippen LogP contribution is -2.36. The summed E-state index contributed by atoms with van der Waals surface area (Å²) >= 11 is 1.61. The van der Waals surface area contributed by atoms with Crippen molar-refractivity contribution in [2.24, 2.45) is 11.0 Å². The van der Waals surface area contributed by atoms with Gasteiger partial charge in [-0.3, -0.25) is 4.79 Å². The van der Waals surface area contributed by atoms with Gasteiger partial charge in [0.05, 0.1) is 23.8 Å². The second-order valence-corrected chi connectivity index (χ2v) is 8.83. The molecule has 2 aliphatic rings. The van der Waals surface area contributed by atoms with Crippen LogP contribution in [-0.2, 0) is 17.6 Å². The number of thiophene rings is 1. The van der Waals surface area contributed by atoms with E-state index in [1.807, 2.05) is 13.0 Å². The van der Waals surface area contributed by atoms with Gasteiger partial charge in [-0.15, -0.1) is 11.3 Å². The van der Waals surface area contributed by atoms with E-state index in [0.717, 1.165) is 55.3 Å². The van der Waals surface area contributed by atoms with Crippen molar-refractivity contribution in [1.82, 2.24) is 5.43 Å². The molecular formula is C22H27N3O2S. The monoisotopic (exact) mass is 397 g/mol. The summed E-state index contributed by atoms with van der Waals surface area (Å²) in [4.78, 5) is 17.0. The summed E-state index contributed by atoms with van der Waals surface area (Å²) in [6.07, 6.45) is 3.38. The number of hydrogen-bond donors (Lipinski definition) is 1. The van der Waals surface area contributed by atoms with E-state index in [1.165, 1.54) is 22.5 Å². The molecule has 28 heavy (non-hydrogen) atoms. The highest BCUT2D eigenvalue weighted by Gasteiger charge is 2.20. The summed E-state index contributed by atoms with van der Waals surface area (Å²) in [5, 5.41) is 4.32. The average Bonchev–Trinajstić information content (AvgIpc) is 3.16.